The van der Waals surface area contributed by atoms with Gasteiger partial charge in [0.2, 0.25) is 0 Å². The Morgan fingerprint density at radius 1 is 1.04 bits per heavy atom. The molecule has 1 N–H and O–H groups in total. The second kappa shape index (κ2) is 6.62. The van der Waals surface area contributed by atoms with Crippen LogP contribution in [0.3, 0.4) is 0 Å². The zero-order valence-corrected chi connectivity index (χ0v) is 15.1. The molecule has 2 aromatic rings. The first-order chi connectivity index (χ1) is 12.2. The molecule has 3 nitrogen and oxygen atoms in total. The van der Waals surface area contributed by atoms with Crippen molar-refractivity contribution >= 4 is 5.69 Å². The van der Waals surface area contributed by atoms with Crippen molar-refractivity contribution in [2.24, 2.45) is 0 Å². The maximum atomic E-state index is 6.47. The Bertz CT molecular complexity index is 734. The van der Waals surface area contributed by atoms with Gasteiger partial charge in [0.05, 0.1) is 17.8 Å². The predicted molar refractivity (Wildman–Crippen MR) is 101 cm³/mol. The van der Waals surface area contributed by atoms with Gasteiger partial charge >= 0.3 is 0 Å². The smallest absolute Gasteiger partial charge is 0.142 e. The molecule has 4 rings (SSSR count). The first kappa shape index (κ1) is 16.3. The maximum Gasteiger partial charge on any atom is 0.142 e. The summed E-state index contributed by atoms with van der Waals surface area (Å²) in [4.78, 5) is 0. The molecule has 1 spiro atoms. The lowest BCUT2D eigenvalue weighted by molar-refractivity contribution is 0.0453. The third-order valence-electron chi connectivity index (χ3n) is 5.29. The number of para-hydroxylation sites is 3. The van der Waals surface area contributed by atoms with Crippen LogP contribution in [0.25, 0.3) is 0 Å². The summed E-state index contributed by atoms with van der Waals surface area (Å²) in [6, 6.07) is 16.9. The summed E-state index contributed by atoms with van der Waals surface area (Å²) < 4.78 is 12.5. The Morgan fingerprint density at radius 3 is 2.56 bits per heavy atom. The third kappa shape index (κ3) is 3.33. The fourth-order valence-corrected chi connectivity index (χ4v) is 4.20. The Kier molecular flexibility index (Phi) is 4.32. The van der Waals surface area contributed by atoms with Gasteiger partial charge in [-0.05, 0) is 57.7 Å². The molecule has 1 saturated carbocycles. The van der Waals surface area contributed by atoms with Crippen LogP contribution in [0.5, 0.6) is 11.5 Å². The molecule has 1 aliphatic carbocycles. The third-order valence-corrected chi connectivity index (χ3v) is 5.29. The number of fused-ring (bicyclic) bond motifs is 1. The van der Waals surface area contributed by atoms with Crippen LogP contribution < -0.4 is 14.8 Å². The molecular weight excluding hydrogens is 310 g/mol. The van der Waals surface area contributed by atoms with Gasteiger partial charge in [-0.1, -0.05) is 30.3 Å². The summed E-state index contributed by atoms with van der Waals surface area (Å²) in [6.45, 7) is 4.13. The molecule has 0 saturated heterocycles. The molecule has 0 bridgehead atoms. The zero-order valence-electron chi connectivity index (χ0n) is 15.1. The first-order valence-electron chi connectivity index (χ1n) is 9.45. The Morgan fingerprint density at radius 2 is 1.76 bits per heavy atom. The second-order valence-electron chi connectivity index (χ2n) is 7.59. The molecule has 1 fully saturated rings. The SMILES string of the molecule is CC(C)Oc1ccccc1NC1CC2(CCCC2)Oc2ccccc21. The van der Waals surface area contributed by atoms with Crippen molar-refractivity contribution in [2.75, 3.05) is 5.32 Å². The summed E-state index contributed by atoms with van der Waals surface area (Å²) >= 11 is 0. The molecular formula is C22H27NO2. The number of hydrogen-bond donors (Lipinski definition) is 1. The summed E-state index contributed by atoms with van der Waals surface area (Å²) in [5.41, 5.74) is 2.31. The van der Waals surface area contributed by atoms with E-state index in [1.165, 1.54) is 18.4 Å². The molecule has 3 heteroatoms. The van der Waals surface area contributed by atoms with Gasteiger partial charge in [-0.2, -0.15) is 0 Å². The van der Waals surface area contributed by atoms with Gasteiger partial charge in [0.25, 0.3) is 0 Å². The Balaban J connectivity index is 1.65. The van der Waals surface area contributed by atoms with Gasteiger partial charge in [0.15, 0.2) is 0 Å². The molecule has 0 amide bonds. The van der Waals surface area contributed by atoms with E-state index in [4.69, 9.17) is 9.47 Å². The normalized spacial score (nSPS) is 21.0. The molecule has 0 radical (unpaired) electrons. The molecule has 2 aromatic carbocycles. The molecule has 1 unspecified atom stereocenters. The van der Waals surface area contributed by atoms with Gasteiger partial charge in [0.1, 0.15) is 17.1 Å². The molecule has 1 heterocycles. The van der Waals surface area contributed by atoms with Crippen molar-refractivity contribution in [1.82, 2.24) is 0 Å². The van der Waals surface area contributed by atoms with E-state index in [-0.39, 0.29) is 17.7 Å². The van der Waals surface area contributed by atoms with Crippen LogP contribution in [0.15, 0.2) is 48.5 Å². The topological polar surface area (TPSA) is 30.5 Å². The summed E-state index contributed by atoms with van der Waals surface area (Å²) in [5, 5.41) is 3.76. The summed E-state index contributed by atoms with van der Waals surface area (Å²) in [6.07, 6.45) is 6.02. The molecule has 2 aliphatic rings. The standard InChI is InChI=1S/C22H27NO2/c1-16(2)24-21-12-6-4-10-18(21)23-19-15-22(13-7-8-14-22)25-20-11-5-3-9-17(19)20/h3-6,9-12,16,19,23H,7-8,13-15H2,1-2H3. The highest BCUT2D eigenvalue weighted by atomic mass is 16.5. The lowest BCUT2D eigenvalue weighted by Crippen LogP contribution is -2.40. The quantitative estimate of drug-likeness (QED) is 0.773. The van der Waals surface area contributed by atoms with E-state index in [0.29, 0.717) is 0 Å². The number of anilines is 1. The first-order valence-corrected chi connectivity index (χ1v) is 9.45. The minimum atomic E-state index is -0.000130. The van der Waals surface area contributed by atoms with Crippen LogP contribution in [-0.4, -0.2) is 11.7 Å². The van der Waals surface area contributed by atoms with E-state index in [1.807, 2.05) is 12.1 Å². The largest absolute Gasteiger partial charge is 0.489 e. The summed E-state index contributed by atoms with van der Waals surface area (Å²) in [5.74, 6) is 1.96. The van der Waals surface area contributed by atoms with Crippen LogP contribution in [0.2, 0.25) is 0 Å². The van der Waals surface area contributed by atoms with Gasteiger partial charge in [0, 0.05) is 12.0 Å². The van der Waals surface area contributed by atoms with Crippen molar-refractivity contribution in [2.45, 2.75) is 63.7 Å². The molecule has 25 heavy (non-hydrogen) atoms. The second-order valence-corrected chi connectivity index (χ2v) is 7.59. The van der Waals surface area contributed by atoms with Crippen molar-refractivity contribution in [3.8, 4) is 11.5 Å². The molecule has 132 valence electrons. The van der Waals surface area contributed by atoms with Crippen molar-refractivity contribution in [3.63, 3.8) is 0 Å². The Labute approximate surface area is 150 Å². The number of hydrogen-bond acceptors (Lipinski definition) is 3. The van der Waals surface area contributed by atoms with E-state index in [1.54, 1.807) is 0 Å². The van der Waals surface area contributed by atoms with Gasteiger partial charge < -0.3 is 14.8 Å². The fourth-order valence-electron chi connectivity index (χ4n) is 4.20. The van der Waals surface area contributed by atoms with Crippen LogP contribution in [0.4, 0.5) is 5.69 Å². The van der Waals surface area contributed by atoms with Gasteiger partial charge in [-0.15, -0.1) is 0 Å². The number of ether oxygens (including phenoxy) is 2. The van der Waals surface area contributed by atoms with Gasteiger partial charge in [-0.3, -0.25) is 0 Å². The predicted octanol–water partition coefficient (Wildman–Crippen LogP) is 5.72. The van der Waals surface area contributed by atoms with Crippen LogP contribution in [0, 0.1) is 0 Å². The zero-order chi connectivity index (χ0) is 17.3. The summed E-state index contributed by atoms with van der Waals surface area (Å²) in [7, 11) is 0. The van der Waals surface area contributed by atoms with E-state index >= 15 is 0 Å². The van der Waals surface area contributed by atoms with Crippen molar-refractivity contribution < 1.29 is 9.47 Å². The number of nitrogens with one attached hydrogen (secondary N) is 1. The van der Waals surface area contributed by atoms with E-state index in [2.05, 4.69) is 55.6 Å². The monoisotopic (exact) mass is 337 g/mol. The fraction of sp³-hybridized carbons (Fsp3) is 0.455. The highest BCUT2D eigenvalue weighted by Gasteiger charge is 2.43. The minimum absolute atomic E-state index is 0.000130. The van der Waals surface area contributed by atoms with Crippen LogP contribution >= 0.6 is 0 Å². The average molecular weight is 337 g/mol. The molecule has 0 aromatic heterocycles. The highest BCUT2D eigenvalue weighted by Crippen LogP contribution is 2.48. The number of benzene rings is 2. The minimum Gasteiger partial charge on any atom is -0.489 e. The van der Waals surface area contributed by atoms with Crippen molar-refractivity contribution in [3.05, 3.63) is 54.1 Å². The lowest BCUT2D eigenvalue weighted by atomic mass is 9.86. The number of rotatable bonds is 4. The van der Waals surface area contributed by atoms with Crippen LogP contribution in [-0.2, 0) is 0 Å². The lowest BCUT2D eigenvalue weighted by Gasteiger charge is -2.40. The van der Waals surface area contributed by atoms with Crippen LogP contribution in [0.1, 0.15) is 57.6 Å². The molecule has 1 atom stereocenters. The van der Waals surface area contributed by atoms with E-state index in [0.717, 1.165) is 36.4 Å². The highest BCUT2D eigenvalue weighted by molar-refractivity contribution is 5.58. The van der Waals surface area contributed by atoms with Gasteiger partial charge in [-0.25, -0.2) is 0 Å². The maximum absolute atomic E-state index is 6.47. The Hall–Kier alpha value is -2.16. The molecule has 1 aliphatic heterocycles. The van der Waals surface area contributed by atoms with E-state index < -0.39 is 0 Å². The average Bonchev–Trinajstić information content (AvgIpc) is 3.03. The van der Waals surface area contributed by atoms with E-state index in [9.17, 15) is 0 Å². The van der Waals surface area contributed by atoms with Crippen molar-refractivity contribution in [1.29, 1.82) is 0 Å².